The van der Waals surface area contributed by atoms with E-state index in [1.54, 1.807) is 11.3 Å². The normalized spacial score (nSPS) is 12.5. The Balaban J connectivity index is 0.000000138. The quantitative estimate of drug-likeness (QED) is 0.0303. The van der Waals surface area contributed by atoms with Crippen molar-refractivity contribution in [3.63, 3.8) is 0 Å². The van der Waals surface area contributed by atoms with E-state index in [4.69, 9.17) is 47.9 Å². The molecule has 0 radical (unpaired) electrons. The zero-order valence-electron chi connectivity index (χ0n) is 83.3. The standard InChI is InChI=1S/C34H31N3O3S.C30H38N2O3S.C29H29N3O3S.C24H27N3O3S/c1-24-12-14-25(15-13-24)19-37(20-26-16-17-30-31(18-26)40-23-39-30)21-32-35-29(22-41-32)34(38)36-33(27-8-4-2-5-9-27)28-10-6-3-7-11-28;1-21(2)7-6-8-26(33)25-19-36-29(31-25)18-32(16-22-9-12-24(13-10-22)30(3,4)5)17-23-11-14-27-28(15-23)35-20-34-27;1-21-7-9-23(10-8-21)16-32(17-24-11-12-26-27(15-24)35-20-34-26)18-28-31-25(19-36-28)29(33)30-14-13-22-5-3-2-4-6-22;1-16(2)25-24(28)20-14-31-23(26-20)13-27(11-18-6-4-17(3)5-7-18)12-19-8-9-21-22(10-19)30-15-29-21/h2-18,22,33H,19-21,23H2,1H3,(H,36,38);9-15,19,21H,6-8,16-18,20H2,1-5H3;2-12,15,19H,13-14,16-18,20H2,1H3,(H,30,33);4-10,14,16H,11-13,15H2,1-3H3,(H,25,28). The first kappa shape index (κ1) is 103. The molecule has 0 saturated heterocycles. The summed E-state index contributed by atoms with van der Waals surface area (Å²) in [4.78, 5) is 79.0. The Morgan fingerprint density at radius 1 is 0.333 bits per heavy atom. The predicted molar refractivity (Wildman–Crippen MR) is 569 cm³/mol. The number of benzene rings is 11. The Hall–Kier alpha value is -13.7. The molecular formula is C117H125N11O12S4. The van der Waals surface area contributed by atoms with Gasteiger partial charge in [0.05, 0.1) is 32.2 Å². The molecule has 0 saturated carbocycles. The molecule has 4 aromatic heterocycles. The van der Waals surface area contributed by atoms with Gasteiger partial charge in [-0.1, -0.05) is 270 Å². The van der Waals surface area contributed by atoms with Gasteiger partial charge >= 0.3 is 0 Å². The third-order valence-corrected chi connectivity index (χ3v) is 27.8. The van der Waals surface area contributed by atoms with Crippen LogP contribution in [-0.2, 0) is 90.4 Å². The van der Waals surface area contributed by atoms with E-state index in [0.717, 1.165) is 164 Å². The van der Waals surface area contributed by atoms with E-state index < -0.39 is 0 Å². The molecule has 23 nitrogen and oxygen atoms in total. The SMILES string of the molecule is CC(C)CCCC(=O)c1csc(CN(Cc2ccc(C(C)(C)C)cc2)Cc2ccc3c(c2)OCO3)n1.Cc1ccc(CN(Cc2ccc3c(c2)OCO3)Cc2nc(C(=O)NC(C)C)cs2)cc1.Cc1ccc(CN(Cc2ccc3c(c2)OCO3)Cc2nc(C(=O)NC(c3ccccc3)c3ccccc3)cs2)cc1.Cc1ccc(CN(Cc2ccc3c(c2)OCO3)Cc2nc(C(=O)NCCc3ccccc3)cs2)cc1. The second-order valence-corrected chi connectivity index (χ2v) is 42.1. The van der Waals surface area contributed by atoms with Crippen LogP contribution in [0.4, 0.5) is 0 Å². The molecule has 3 amide bonds. The lowest BCUT2D eigenvalue weighted by Crippen LogP contribution is -2.30. The summed E-state index contributed by atoms with van der Waals surface area (Å²) in [5.41, 5.74) is 19.9. The van der Waals surface area contributed by atoms with Crippen LogP contribution in [0.1, 0.15) is 219 Å². The number of aryl methyl sites for hydroxylation is 3. The van der Waals surface area contributed by atoms with Crippen molar-refractivity contribution in [3.05, 3.63) is 409 Å². The average Bonchev–Trinajstić information content (AvgIpc) is 1.67. The van der Waals surface area contributed by atoms with Crippen molar-refractivity contribution in [2.24, 2.45) is 5.92 Å². The first-order valence-electron chi connectivity index (χ1n) is 48.9. The molecule has 8 heterocycles. The van der Waals surface area contributed by atoms with Crippen molar-refractivity contribution in [2.45, 2.75) is 191 Å². The van der Waals surface area contributed by atoms with Crippen LogP contribution in [0.2, 0.25) is 0 Å². The fourth-order valence-corrected chi connectivity index (χ4v) is 20.2. The van der Waals surface area contributed by atoms with E-state index in [0.29, 0.717) is 74.4 Å². The molecule has 3 N–H and O–H groups in total. The number of thiazole rings is 4. The van der Waals surface area contributed by atoms with Crippen LogP contribution < -0.4 is 53.8 Å². The number of rotatable bonds is 39. The predicted octanol–water partition coefficient (Wildman–Crippen LogP) is 24.2. The van der Waals surface area contributed by atoms with Crippen molar-refractivity contribution in [1.29, 1.82) is 0 Å². The molecule has 0 bridgehead atoms. The van der Waals surface area contributed by atoms with E-state index in [1.165, 1.54) is 84.1 Å². The highest BCUT2D eigenvalue weighted by Gasteiger charge is 2.27. The van der Waals surface area contributed by atoms with Crippen LogP contribution in [0.3, 0.4) is 0 Å². The van der Waals surface area contributed by atoms with E-state index in [9.17, 15) is 19.2 Å². The fourth-order valence-electron chi connectivity index (χ4n) is 16.9. The molecule has 744 valence electrons. The number of carbonyl (C=O) groups is 4. The Kier molecular flexibility index (Phi) is 36.2. The number of Topliss-reactive ketones (excluding diaryl/α,β-unsaturated/α-hetero) is 1. The summed E-state index contributed by atoms with van der Waals surface area (Å²) in [6.45, 7) is 31.5. The third kappa shape index (κ3) is 30.7. The maximum Gasteiger partial charge on any atom is 0.271 e. The summed E-state index contributed by atoms with van der Waals surface area (Å²) in [5.74, 6) is 6.61. The number of fused-ring (bicyclic) bond motifs is 4. The number of ketones is 1. The second-order valence-electron chi connectivity index (χ2n) is 38.3. The summed E-state index contributed by atoms with van der Waals surface area (Å²) in [7, 11) is 0. The Morgan fingerprint density at radius 3 is 0.972 bits per heavy atom. The van der Waals surface area contributed by atoms with E-state index >= 15 is 0 Å². The molecular weight excluding hydrogens is 1880 g/mol. The van der Waals surface area contributed by atoms with Gasteiger partial charge in [0.15, 0.2) is 51.8 Å². The topological polar surface area (TPSA) is 243 Å². The van der Waals surface area contributed by atoms with Gasteiger partial charge in [-0.15, -0.1) is 45.3 Å². The minimum atomic E-state index is -0.265. The van der Waals surface area contributed by atoms with Crippen molar-refractivity contribution in [1.82, 2.24) is 55.5 Å². The smallest absolute Gasteiger partial charge is 0.271 e. The first-order valence-corrected chi connectivity index (χ1v) is 52.4. The number of amides is 3. The molecule has 15 aromatic rings. The molecule has 144 heavy (non-hydrogen) atoms. The zero-order valence-corrected chi connectivity index (χ0v) is 86.6. The highest BCUT2D eigenvalue weighted by atomic mass is 32.1. The van der Waals surface area contributed by atoms with Gasteiger partial charge in [0.2, 0.25) is 27.2 Å². The summed E-state index contributed by atoms with van der Waals surface area (Å²) < 4.78 is 44.1. The van der Waals surface area contributed by atoms with Crippen LogP contribution in [0.25, 0.3) is 0 Å². The lowest BCUT2D eigenvalue weighted by Gasteiger charge is -2.23. The van der Waals surface area contributed by atoms with Gasteiger partial charge in [-0.3, -0.25) is 38.8 Å². The fraction of sp³-hybridized carbons (Fsp3) is 0.299. The Bertz CT molecular complexity index is 6670. The number of nitrogens with one attached hydrogen (secondary N) is 3. The molecule has 19 rings (SSSR count). The summed E-state index contributed by atoms with van der Waals surface area (Å²) in [6.07, 6.45) is 3.36. The summed E-state index contributed by atoms with van der Waals surface area (Å²) in [6, 6.07) is 89.0. The Labute approximate surface area is 860 Å². The number of aromatic nitrogens is 4. The van der Waals surface area contributed by atoms with Crippen molar-refractivity contribution < 1.29 is 57.1 Å². The number of carbonyl (C=O) groups excluding carboxylic acids is 4. The van der Waals surface area contributed by atoms with Crippen LogP contribution in [0.15, 0.2) is 282 Å². The molecule has 27 heteroatoms. The molecule has 4 aliphatic rings. The van der Waals surface area contributed by atoms with Gasteiger partial charge in [0.25, 0.3) is 17.7 Å². The van der Waals surface area contributed by atoms with E-state index in [-0.39, 0.29) is 68.2 Å². The van der Waals surface area contributed by atoms with Crippen LogP contribution in [-0.4, -0.2) is 103 Å². The lowest BCUT2D eigenvalue weighted by molar-refractivity contribution is 0.0930. The summed E-state index contributed by atoms with van der Waals surface area (Å²) >= 11 is 6.13. The molecule has 0 spiro atoms. The Morgan fingerprint density at radius 2 is 0.632 bits per heavy atom. The molecule has 0 fully saturated rings. The first-order chi connectivity index (χ1) is 69.8. The largest absolute Gasteiger partial charge is 0.454 e. The molecule has 11 aromatic carbocycles. The average molecular weight is 2010 g/mol. The van der Waals surface area contributed by atoms with Crippen LogP contribution >= 0.6 is 45.3 Å². The van der Waals surface area contributed by atoms with Gasteiger partial charge in [-0.05, 0) is 174 Å². The van der Waals surface area contributed by atoms with Gasteiger partial charge in [-0.25, -0.2) is 19.9 Å². The highest BCUT2D eigenvalue weighted by Crippen LogP contribution is 2.39. The minimum Gasteiger partial charge on any atom is -0.454 e. The van der Waals surface area contributed by atoms with Crippen molar-refractivity contribution >= 4 is 68.9 Å². The molecule has 0 unspecified atom stereocenters. The monoisotopic (exact) mass is 2000 g/mol. The molecule has 4 aliphatic heterocycles. The van der Waals surface area contributed by atoms with E-state index in [1.807, 2.05) is 157 Å². The van der Waals surface area contributed by atoms with Gasteiger partial charge < -0.3 is 53.8 Å². The number of nitrogens with zero attached hydrogens (tertiary/aromatic N) is 8. The van der Waals surface area contributed by atoms with Gasteiger partial charge in [0, 0.05) is 92.9 Å². The zero-order chi connectivity index (χ0) is 100. The highest BCUT2D eigenvalue weighted by molar-refractivity contribution is 7.10. The maximum absolute atomic E-state index is 13.4. The molecule has 0 atom stereocenters. The van der Waals surface area contributed by atoms with Crippen molar-refractivity contribution in [3.8, 4) is 46.0 Å². The number of hydrogen-bond donors (Lipinski definition) is 3. The lowest BCUT2D eigenvalue weighted by atomic mass is 9.87. The second kappa shape index (κ2) is 50.5. The van der Waals surface area contributed by atoms with Crippen molar-refractivity contribution in [2.75, 3.05) is 33.7 Å². The van der Waals surface area contributed by atoms with Crippen LogP contribution in [0.5, 0.6) is 46.0 Å². The summed E-state index contributed by atoms with van der Waals surface area (Å²) in [5, 5.41) is 20.2. The number of hydrogen-bond acceptors (Lipinski definition) is 24. The van der Waals surface area contributed by atoms with Gasteiger partial charge in [-0.2, -0.15) is 0 Å². The van der Waals surface area contributed by atoms with Gasteiger partial charge in [0.1, 0.15) is 42.8 Å². The van der Waals surface area contributed by atoms with Crippen LogP contribution in [0, 0.1) is 26.7 Å². The minimum absolute atomic E-state index is 0.0849. The third-order valence-electron chi connectivity index (χ3n) is 24.5. The maximum atomic E-state index is 13.4. The number of ether oxygens (including phenoxy) is 8. The molecule has 0 aliphatic carbocycles. The van der Waals surface area contributed by atoms with E-state index in [2.05, 4.69) is 240 Å².